The average Bonchev–Trinajstić information content (AvgIpc) is 2.99. The maximum absolute atomic E-state index is 11.9. The lowest BCUT2D eigenvalue weighted by Crippen LogP contribution is -2.42. The van der Waals surface area contributed by atoms with Crippen LogP contribution in [-0.2, 0) is 20.7 Å². The van der Waals surface area contributed by atoms with Crippen molar-refractivity contribution in [3.8, 4) is 0 Å². The zero-order valence-corrected chi connectivity index (χ0v) is 12.0. The van der Waals surface area contributed by atoms with Gasteiger partial charge in [0.15, 0.2) is 0 Å². The summed E-state index contributed by atoms with van der Waals surface area (Å²) in [5, 5.41) is 11.8. The molecule has 2 rings (SSSR count). The Morgan fingerprint density at radius 1 is 1.33 bits per heavy atom. The number of ether oxygens (including phenoxy) is 1. The number of nitrogens with one attached hydrogen (secondary N) is 1. The predicted octanol–water partition coefficient (Wildman–Crippen LogP) is 1.62. The Balaban J connectivity index is 1.81. The average molecular weight is 291 g/mol. The standard InChI is InChI=1S/C16H21NO4/c18-15(7-6-13-8-9-21-11-13)17-14(16(19)20)10-12-4-2-1-3-5-12/h1-5,13-14H,6-11H2,(H,17,18)(H,19,20)/t13?,14-/m0/s1. The molecule has 0 spiro atoms. The van der Waals surface area contributed by atoms with Crippen molar-refractivity contribution in [3.05, 3.63) is 35.9 Å². The number of benzene rings is 1. The molecule has 1 heterocycles. The molecule has 1 aliphatic heterocycles. The fourth-order valence-corrected chi connectivity index (χ4v) is 2.46. The molecule has 1 aromatic rings. The Bertz CT molecular complexity index is 468. The Hall–Kier alpha value is -1.88. The summed E-state index contributed by atoms with van der Waals surface area (Å²) in [4.78, 5) is 23.2. The highest BCUT2D eigenvalue weighted by molar-refractivity contribution is 5.83. The van der Waals surface area contributed by atoms with Crippen molar-refractivity contribution in [2.75, 3.05) is 13.2 Å². The van der Waals surface area contributed by atoms with E-state index in [1.807, 2.05) is 30.3 Å². The van der Waals surface area contributed by atoms with Crippen LogP contribution in [0.15, 0.2) is 30.3 Å². The lowest BCUT2D eigenvalue weighted by molar-refractivity contribution is -0.141. The van der Waals surface area contributed by atoms with Crippen LogP contribution in [0.5, 0.6) is 0 Å². The van der Waals surface area contributed by atoms with E-state index >= 15 is 0 Å². The summed E-state index contributed by atoms with van der Waals surface area (Å²) in [5.41, 5.74) is 0.898. The highest BCUT2D eigenvalue weighted by Crippen LogP contribution is 2.17. The molecule has 21 heavy (non-hydrogen) atoms. The van der Waals surface area contributed by atoms with Gasteiger partial charge in [0.25, 0.3) is 0 Å². The number of carbonyl (C=O) groups is 2. The Morgan fingerprint density at radius 3 is 2.71 bits per heavy atom. The molecule has 2 atom stereocenters. The fourth-order valence-electron chi connectivity index (χ4n) is 2.46. The molecule has 1 saturated heterocycles. The molecule has 0 saturated carbocycles. The van der Waals surface area contributed by atoms with Gasteiger partial charge in [0.2, 0.25) is 5.91 Å². The van der Waals surface area contributed by atoms with E-state index in [0.717, 1.165) is 25.0 Å². The van der Waals surface area contributed by atoms with Crippen LogP contribution in [0, 0.1) is 5.92 Å². The van der Waals surface area contributed by atoms with Gasteiger partial charge >= 0.3 is 5.97 Å². The second kappa shape index (κ2) is 7.78. The number of amides is 1. The minimum absolute atomic E-state index is 0.203. The first kappa shape index (κ1) is 15.5. The van der Waals surface area contributed by atoms with Crippen LogP contribution in [0.1, 0.15) is 24.8 Å². The lowest BCUT2D eigenvalue weighted by atomic mass is 10.0. The van der Waals surface area contributed by atoms with Crippen LogP contribution in [0.4, 0.5) is 0 Å². The monoisotopic (exact) mass is 291 g/mol. The van der Waals surface area contributed by atoms with Gasteiger partial charge in [-0.3, -0.25) is 4.79 Å². The first-order valence-corrected chi connectivity index (χ1v) is 7.29. The Kier molecular flexibility index (Phi) is 5.75. The van der Waals surface area contributed by atoms with Crippen LogP contribution in [-0.4, -0.2) is 36.2 Å². The predicted molar refractivity (Wildman–Crippen MR) is 77.9 cm³/mol. The minimum Gasteiger partial charge on any atom is -0.480 e. The number of carbonyl (C=O) groups excluding carboxylic acids is 1. The van der Waals surface area contributed by atoms with Crippen molar-refractivity contribution < 1.29 is 19.4 Å². The summed E-state index contributed by atoms with van der Waals surface area (Å²) in [6.07, 6.45) is 2.39. The summed E-state index contributed by atoms with van der Waals surface area (Å²) >= 11 is 0. The van der Waals surface area contributed by atoms with Gasteiger partial charge in [-0.2, -0.15) is 0 Å². The summed E-state index contributed by atoms with van der Waals surface area (Å²) in [5.74, 6) is -0.783. The maximum Gasteiger partial charge on any atom is 0.326 e. The highest BCUT2D eigenvalue weighted by Gasteiger charge is 2.22. The molecule has 5 heteroatoms. The number of aliphatic carboxylic acids is 1. The van der Waals surface area contributed by atoms with E-state index in [2.05, 4.69) is 5.32 Å². The molecule has 1 aliphatic rings. The van der Waals surface area contributed by atoms with Gasteiger partial charge in [-0.25, -0.2) is 4.79 Å². The summed E-state index contributed by atoms with van der Waals surface area (Å²) < 4.78 is 5.26. The van der Waals surface area contributed by atoms with E-state index in [1.54, 1.807) is 0 Å². The first-order chi connectivity index (χ1) is 10.1. The van der Waals surface area contributed by atoms with Gasteiger partial charge in [0.1, 0.15) is 6.04 Å². The van der Waals surface area contributed by atoms with Gasteiger partial charge in [0, 0.05) is 26.1 Å². The van der Waals surface area contributed by atoms with Crippen molar-refractivity contribution in [3.63, 3.8) is 0 Å². The second-order valence-corrected chi connectivity index (χ2v) is 5.42. The number of carboxylic acid groups (broad SMARTS) is 1. The largest absolute Gasteiger partial charge is 0.480 e. The summed E-state index contributed by atoms with van der Waals surface area (Å²) in [6.45, 7) is 1.47. The maximum atomic E-state index is 11.9. The molecule has 0 aromatic heterocycles. The molecule has 1 unspecified atom stereocenters. The van der Waals surface area contributed by atoms with E-state index in [4.69, 9.17) is 4.74 Å². The van der Waals surface area contributed by atoms with Crippen LogP contribution in [0.3, 0.4) is 0 Å². The van der Waals surface area contributed by atoms with Crippen LogP contribution >= 0.6 is 0 Å². The van der Waals surface area contributed by atoms with E-state index in [1.165, 1.54) is 0 Å². The van der Waals surface area contributed by atoms with Gasteiger partial charge in [-0.05, 0) is 24.3 Å². The third kappa shape index (κ3) is 5.19. The Labute approximate surface area is 124 Å². The van der Waals surface area contributed by atoms with Gasteiger partial charge in [-0.1, -0.05) is 30.3 Å². The minimum atomic E-state index is -1.00. The number of hydrogen-bond acceptors (Lipinski definition) is 3. The molecular weight excluding hydrogens is 270 g/mol. The summed E-state index contributed by atoms with van der Waals surface area (Å²) in [7, 11) is 0. The van der Waals surface area contributed by atoms with Crippen molar-refractivity contribution in [2.24, 2.45) is 5.92 Å². The SMILES string of the molecule is O=C(CCC1CCOC1)N[C@@H](Cc1ccccc1)C(=O)O. The molecule has 2 N–H and O–H groups in total. The molecule has 1 aromatic carbocycles. The van der Waals surface area contributed by atoms with Crippen LogP contribution in [0.2, 0.25) is 0 Å². The second-order valence-electron chi connectivity index (χ2n) is 5.42. The number of carboxylic acids is 1. The van der Waals surface area contributed by atoms with Crippen LogP contribution < -0.4 is 5.32 Å². The first-order valence-electron chi connectivity index (χ1n) is 7.29. The van der Waals surface area contributed by atoms with E-state index < -0.39 is 12.0 Å². The van der Waals surface area contributed by atoms with Gasteiger partial charge < -0.3 is 15.2 Å². The molecule has 0 aliphatic carbocycles. The van der Waals surface area contributed by atoms with Crippen LogP contribution in [0.25, 0.3) is 0 Å². The van der Waals surface area contributed by atoms with Crippen molar-refractivity contribution >= 4 is 11.9 Å². The van der Waals surface area contributed by atoms with E-state index in [9.17, 15) is 14.7 Å². The molecule has 1 amide bonds. The number of rotatable bonds is 7. The fraction of sp³-hybridized carbons (Fsp3) is 0.500. The van der Waals surface area contributed by atoms with E-state index in [-0.39, 0.29) is 5.91 Å². The molecule has 0 radical (unpaired) electrons. The highest BCUT2D eigenvalue weighted by atomic mass is 16.5. The van der Waals surface area contributed by atoms with Gasteiger partial charge in [-0.15, -0.1) is 0 Å². The zero-order valence-electron chi connectivity index (χ0n) is 12.0. The normalized spacial score (nSPS) is 19.1. The lowest BCUT2D eigenvalue weighted by Gasteiger charge is -2.15. The van der Waals surface area contributed by atoms with Crippen molar-refractivity contribution in [2.45, 2.75) is 31.7 Å². The van der Waals surface area contributed by atoms with Crippen molar-refractivity contribution in [1.29, 1.82) is 0 Å². The third-order valence-electron chi connectivity index (χ3n) is 3.72. The molecule has 0 bridgehead atoms. The Morgan fingerprint density at radius 2 is 2.10 bits per heavy atom. The molecule has 1 fully saturated rings. The topological polar surface area (TPSA) is 75.6 Å². The zero-order chi connectivity index (χ0) is 15.1. The molecule has 114 valence electrons. The molecule has 5 nitrogen and oxygen atoms in total. The smallest absolute Gasteiger partial charge is 0.326 e. The van der Waals surface area contributed by atoms with E-state index in [0.29, 0.717) is 25.4 Å². The van der Waals surface area contributed by atoms with Crippen molar-refractivity contribution in [1.82, 2.24) is 5.32 Å². The molecular formula is C16H21NO4. The van der Waals surface area contributed by atoms with Gasteiger partial charge in [0.05, 0.1) is 0 Å². The summed E-state index contributed by atoms with van der Waals surface area (Å²) in [6, 6.07) is 8.43. The quantitative estimate of drug-likeness (QED) is 0.800. The third-order valence-corrected chi connectivity index (χ3v) is 3.72. The number of hydrogen-bond donors (Lipinski definition) is 2.